The van der Waals surface area contributed by atoms with Gasteiger partial charge in [0.05, 0.1) is 11.4 Å². The molecule has 2 aromatic carbocycles. The van der Waals surface area contributed by atoms with E-state index in [4.69, 9.17) is 5.14 Å². The van der Waals surface area contributed by atoms with Crippen molar-refractivity contribution in [2.45, 2.75) is 24.7 Å². The fourth-order valence-electron chi connectivity index (χ4n) is 3.23. The predicted molar refractivity (Wildman–Crippen MR) is 98.1 cm³/mol. The Kier molecular flexibility index (Phi) is 4.97. The van der Waals surface area contributed by atoms with Crippen molar-refractivity contribution in [1.82, 2.24) is 0 Å². The topological polar surface area (TPSA) is 92.5 Å². The SMILES string of the molecule is Cc1ccc(F)c2c1N(CC(=O)Nc1ccc(S(N)(=O)=O)cc1)CCC2. The van der Waals surface area contributed by atoms with Crippen LogP contribution in [0.2, 0.25) is 0 Å². The highest BCUT2D eigenvalue weighted by Gasteiger charge is 2.23. The van der Waals surface area contributed by atoms with Crippen LogP contribution in [0.1, 0.15) is 17.5 Å². The molecule has 1 aliphatic rings. The standard InChI is InChI=1S/C18H20FN3O3S/c1-12-4-9-16(19)15-3-2-10-22(18(12)15)11-17(23)21-13-5-7-14(8-6-13)26(20,24)25/h4-9H,2-3,10-11H2,1H3,(H,21,23)(H2,20,24,25). The van der Waals surface area contributed by atoms with Gasteiger partial charge in [0.2, 0.25) is 15.9 Å². The molecule has 138 valence electrons. The smallest absolute Gasteiger partial charge is 0.243 e. The molecule has 3 N–H and O–H groups in total. The number of amides is 1. The molecular weight excluding hydrogens is 357 g/mol. The summed E-state index contributed by atoms with van der Waals surface area (Å²) in [6.45, 7) is 2.67. The molecule has 1 amide bonds. The first kappa shape index (κ1) is 18.3. The van der Waals surface area contributed by atoms with Crippen LogP contribution in [0.15, 0.2) is 41.3 Å². The highest BCUT2D eigenvalue weighted by molar-refractivity contribution is 7.89. The van der Waals surface area contributed by atoms with E-state index in [0.29, 0.717) is 24.2 Å². The number of hydrogen-bond donors (Lipinski definition) is 2. The Morgan fingerprint density at radius 1 is 1.23 bits per heavy atom. The quantitative estimate of drug-likeness (QED) is 0.854. The molecule has 0 unspecified atom stereocenters. The highest BCUT2D eigenvalue weighted by Crippen LogP contribution is 2.32. The van der Waals surface area contributed by atoms with Crippen LogP contribution in [-0.2, 0) is 21.2 Å². The van der Waals surface area contributed by atoms with E-state index in [1.54, 1.807) is 6.07 Å². The lowest BCUT2D eigenvalue weighted by molar-refractivity contribution is -0.115. The van der Waals surface area contributed by atoms with Crippen molar-refractivity contribution >= 4 is 27.3 Å². The van der Waals surface area contributed by atoms with E-state index in [2.05, 4.69) is 5.32 Å². The average Bonchev–Trinajstić information content (AvgIpc) is 2.58. The molecule has 6 nitrogen and oxygen atoms in total. The van der Waals surface area contributed by atoms with E-state index in [1.165, 1.54) is 30.3 Å². The summed E-state index contributed by atoms with van der Waals surface area (Å²) < 4.78 is 36.6. The van der Waals surface area contributed by atoms with Crippen LogP contribution in [0.3, 0.4) is 0 Å². The van der Waals surface area contributed by atoms with Crippen LogP contribution >= 0.6 is 0 Å². The zero-order valence-corrected chi connectivity index (χ0v) is 15.1. The van der Waals surface area contributed by atoms with Crippen molar-refractivity contribution in [3.8, 4) is 0 Å². The lowest BCUT2D eigenvalue weighted by atomic mass is 9.97. The molecule has 3 rings (SSSR count). The van der Waals surface area contributed by atoms with Gasteiger partial charge in [-0.3, -0.25) is 4.79 Å². The highest BCUT2D eigenvalue weighted by atomic mass is 32.2. The number of rotatable bonds is 4. The third-order valence-electron chi connectivity index (χ3n) is 4.40. The van der Waals surface area contributed by atoms with Crippen molar-refractivity contribution in [2.75, 3.05) is 23.3 Å². The Morgan fingerprint density at radius 2 is 1.92 bits per heavy atom. The number of hydrogen-bond acceptors (Lipinski definition) is 4. The number of nitrogens with two attached hydrogens (primary N) is 1. The molecule has 0 saturated heterocycles. The van der Waals surface area contributed by atoms with E-state index in [9.17, 15) is 17.6 Å². The number of nitrogens with one attached hydrogen (secondary N) is 1. The maximum atomic E-state index is 14.1. The molecule has 26 heavy (non-hydrogen) atoms. The normalized spacial score (nSPS) is 14.0. The molecule has 0 fully saturated rings. The molecule has 1 aliphatic heterocycles. The van der Waals surface area contributed by atoms with E-state index >= 15 is 0 Å². The van der Waals surface area contributed by atoms with Crippen molar-refractivity contribution in [3.63, 3.8) is 0 Å². The Balaban J connectivity index is 1.73. The maximum Gasteiger partial charge on any atom is 0.243 e. The van der Waals surface area contributed by atoms with Gasteiger partial charge in [0.1, 0.15) is 5.82 Å². The molecule has 0 radical (unpaired) electrons. The lowest BCUT2D eigenvalue weighted by Crippen LogP contribution is -2.37. The molecule has 8 heteroatoms. The van der Waals surface area contributed by atoms with Crippen molar-refractivity contribution in [3.05, 3.63) is 53.3 Å². The second-order valence-electron chi connectivity index (χ2n) is 6.33. The fourth-order valence-corrected chi connectivity index (χ4v) is 3.74. The summed E-state index contributed by atoms with van der Waals surface area (Å²) >= 11 is 0. The summed E-state index contributed by atoms with van der Waals surface area (Å²) in [5, 5.41) is 7.77. The van der Waals surface area contributed by atoms with Crippen LogP contribution < -0.4 is 15.4 Å². The van der Waals surface area contributed by atoms with Gasteiger partial charge in [-0.15, -0.1) is 0 Å². The molecule has 1 heterocycles. The fraction of sp³-hybridized carbons (Fsp3) is 0.278. The number of carbonyl (C=O) groups excluding carboxylic acids is 1. The van der Waals surface area contributed by atoms with Crippen LogP contribution in [-0.4, -0.2) is 27.4 Å². The molecule has 0 bridgehead atoms. The summed E-state index contributed by atoms with van der Waals surface area (Å²) in [5.41, 5.74) is 2.85. The number of benzene rings is 2. The zero-order valence-electron chi connectivity index (χ0n) is 14.3. The van der Waals surface area contributed by atoms with Gasteiger partial charge in [0.15, 0.2) is 0 Å². The van der Waals surface area contributed by atoms with E-state index in [1.807, 2.05) is 11.8 Å². The maximum absolute atomic E-state index is 14.1. The molecule has 0 spiro atoms. The monoisotopic (exact) mass is 377 g/mol. The summed E-state index contributed by atoms with van der Waals surface area (Å²) in [5.74, 6) is -0.501. The number of primary sulfonamides is 1. The van der Waals surface area contributed by atoms with Crippen molar-refractivity contribution in [1.29, 1.82) is 0 Å². The molecule has 0 aromatic heterocycles. The van der Waals surface area contributed by atoms with Crippen LogP contribution in [0.5, 0.6) is 0 Å². The molecule has 2 aromatic rings. The Morgan fingerprint density at radius 3 is 2.58 bits per heavy atom. The van der Waals surface area contributed by atoms with Crippen LogP contribution in [0, 0.1) is 12.7 Å². The molecular formula is C18H20FN3O3S. The van der Waals surface area contributed by atoms with Crippen molar-refractivity contribution < 1.29 is 17.6 Å². The third-order valence-corrected chi connectivity index (χ3v) is 5.33. The summed E-state index contributed by atoms with van der Waals surface area (Å²) in [7, 11) is -3.77. The first-order valence-corrected chi connectivity index (χ1v) is 9.76. The van der Waals surface area contributed by atoms with Crippen LogP contribution in [0.4, 0.5) is 15.8 Å². The van der Waals surface area contributed by atoms with Gasteiger partial charge < -0.3 is 10.2 Å². The minimum Gasteiger partial charge on any atom is -0.362 e. The average molecular weight is 377 g/mol. The van der Waals surface area contributed by atoms with Crippen molar-refractivity contribution in [2.24, 2.45) is 5.14 Å². The Hall–Kier alpha value is -2.45. The second kappa shape index (κ2) is 7.05. The molecule has 0 atom stereocenters. The number of halogens is 1. The van der Waals surface area contributed by atoms with Gasteiger partial charge in [0.25, 0.3) is 0 Å². The minimum atomic E-state index is -3.77. The van der Waals surface area contributed by atoms with Gasteiger partial charge in [-0.2, -0.15) is 0 Å². The first-order chi connectivity index (χ1) is 12.3. The van der Waals surface area contributed by atoms with E-state index in [0.717, 1.165) is 17.7 Å². The lowest BCUT2D eigenvalue weighted by Gasteiger charge is -2.32. The molecule has 0 saturated carbocycles. The first-order valence-electron chi connectivity index (χ1n) is 8.21. The Bertz CT molecular complexity index is 943. The van der Waals surface area contributed by atoms with Crippen LogP contribution in [0.25, 0.3) is 0 Å². The minimum absolute atomic E-state index is 0.0217. The second-order valence-corrected chi connectivity index (χ2v) is 7.90. The van der Waals surface area contributed by atoms with Gasteiger partial charge in [-0.25, -0.2) is 17.9 Å². The van der Waals surface area contributed by atoms with Gasteiger partial charge in [-0.1, -0.05) is 6.07 Å². The number of carbonyl (C=O) groups is 1. The Labute approximate surface area is 151 Å². The number of fused-ring (bicyclic) bond motifs is 1. The predicted octanol–water partition coefficient (Wildman–Crippen LogP) is 2.17. The summed E-state index contributed by atoms with van der Waals surface area (Å²) in [6, 6.07) is 8.81. The summed E-state index contributed by atoms with van der Waals surface area (Å²) in [4.78, 5) is 14.2. The van der Waals surface area contributed by atoms with Gasteiger partial charge >= 0.3 is 0 Å². The largest absolute Gasteiger partial charge is 0.362 e. The zero-order chi connectivity index (χ0) is 18.9. The number of anilines is 2. The van der Waals surface area contributed by atoms with Gasteiger partial charge in [0, 0.05) is 23.5 Å². The summed E-state index contributed by atoms with van der Waals surface area (Å²) in [6.07, 6.45) is 1.44. The van der Waals surface area contributed by atoms with E-state index in [-0.39, 0.29) is 23.2 Å². The number of aryl methyl sites for hydroxylation is 1. The molecule has 0 aliphatic carbocycles. The third kappa shape index (κ3) is 3.86. The number of nitrogens with zero attached hydrogens (tertiary/aromatic N) is 1. The van der Waals surface area contributed by atoms with E-state index < -0.39 is 10.0 Å². The number of sulfonamides is 1. The van der Waals surface area contributed by atoms with Gasteiger partial charge in [-0.05, 0) is 55.7 Å².